The number of halogens is 3. The van der Waals surface area contributed by atoms with E-state index in [1.54, 1.807) is 0 Å². The molecule has 248 valence electrons. The Balaban J connectivity index is 0.00000240. The lowest BCUT2D eigenvalue weighted by Gasteiger charge is -2.56. The van der Waals surface area contributed by atoms with Crippen LogP contribution in [0.15, 0.2) is 78.9 Å². The zero-order chi connectivity index (χ0) is 30.6. The van der Waals surface area contributed by atoms with Crippen LogP contribution < -0.4 is 5.32 Å². The lowest BCUT2D eigenvalue weighted by molar-refractivity contribution is -0.143. The monoisotopic (exact) mass is 688 g/mol. The highest BCUT2D eigenvalue weighted by molar-refractivity contribution is 6.42. The van der Waals surface area contributed by atoms with E-state index in [0.29, 0.717) is 55.7 Å². The van der Waals surface area contributed by atoms with Gasteiger partial charge in [0.05, 0.1) is 22.2 Å². The van der Waals surface area contributed by atoms with Crippen molar-refractivity contribution in [2.75, 3.05) is 52.5 Å². The second-order valence-corrected chi connectivity index (χ2v) is 13.1. The highest BCUT2D eigenvalue weighted by Crippen LogP contribution is 2.49. The Kier molecular flexibility index (Phi) is 12.4. The average molecular weight is 690 g/mol. The van der Waals surface area contributed by atoms with Crippen LogP contribution >= 0.6 is 35.6 Å². The maximum absolute atomic E-state index is 13.8. The number of carbonyl (C=O) groups excluding carboxylic acids is 2. The number of rotatable bonds is 8. The first kappa shape index (κ1) is 36.0. The maximum Gasteiger partial charge on any atom is 0.317 e. The Labute approximate surface area is 287 Å². The minimum Gasteiger partial charge on any atom is -0.412 e. The van der Waals surface area contributed by atoms with Gasteiger partial charge in [0.1, 0.15) is 6.61 Å². The molecular formula is C35H43Cl3N4O4. The molecular weight excluding hydrogens is 647 g/mol. The van der Waals surface area contributed by atoms with Crippen molar-refractivity contribution in [2.45, 2.75) is 43.2 Å². The molecule has 0 bridgehead atoms. The number of hydrogen-bond acceptors (Lipinski definition) is 4. The van der Waals surface area contributed by atoms with Crippen molar-refractivity contribution < 1.29 is 19.8 Å². The molecule has 2 atom stereocenters. The lowest BCUT2D eigenvalue weighted by Crippen LogP contribution is -2.66. The van der Waals surface area contributed by atoms with E-state index in [1.807, 2.05) is 34.1 Å². The molecule has 0 spiro atoms. The third kappa shape index (κ3) is 7.64. The molecule has 0 saturated carbocycles. The van der Waals surface area contributed by atoms with Gasteiger partial charge in [-0.3, -0.25) is 9.69 Å². The minimum atomic E-state index is -0.657. The highest BCUT2D eigenvalue weighted by Gasteiger charge is 2.52. The van der Waals surface area contributed by atoms with Crippen molar-refractivity contribution in [1.82, 2.24) is 20.0 Å². The molecule has 3 heterocycles. The van der Waals surface area contributed by atoms with E-state index in [9.17, 15) is 9.59 Å². The van der Waals surface area contributed by atoms with Crippen LogP contribution in [0.25, 0.3) is 0 Å². The predicted octanol–water partition coefficient (Wildman–Crippen LogP) is 5.58. The fraction of sp³-hybridized carbons (Fsp3) is 0.429. The van der Waals surface area contributed by atoms with Gasteiger partial charge in [-0.25, -0.2) is 4.79 Å². The van der Waals surface area contributed by atoms with Crippen molar-refractivity contribution in [3.05, 3.63) is 106 Å². The third-order valence-corrected chi connectivity index (χ3v) is 10.3. The number of piperidine rings is 1. The molecule has 11 heteroatoms. The summed E-state index contributed by atoms with van der Waals surface area (Å²) in [5, 5.41) is 4.58. The number of nitrogens with one attached hydrogen (secondary N) is 1. The van der Waals surface area contributed by atoms with Crippen LogP contribution in [-0.2, 0) is 21.5 Å². The molecule has 3 amide bonds. The van der Waals surface area contributed by atoms with Gasteiger partial charge in [0.15, 0.2) is 0 Å². The van der Waals surface area contributed by atoms with Crippen LogP contribution in [0.1, 0.15) is 42.4 Å². The zero-order valence-electron chi connectivity index (χ0n) is 25.9. The molecule has 3 aliphatic heterocycles. The van der Waals surface area contributed by atoms with E-state index >= 15 is 0 Å². The van der Waals surface area contributed by atoms with Gasteiger partial charge in [-0.1, -0.05) is 89.9 Å². The molecule has 3 saturated heterocycles. The van der Waals surface area contributed by atoms with Gasteiger partial charge in [-0.05, 0) is 60.9 Å². The number of nitrogens with zero attached hydrogens (tertiary/aromatic N) is 3. The second-order valence-electron chi connectivity index (χ2n) is 12.3. The zero-order valence-corrected chi connectivity index (χ0v) is 28.3. The topological polar surface area (TPSA) is 96.6 Å². The van der Waals surface area contributed by atoms with E-state index in [-0.39, 0.29) is 36.4 Å². The quantitative estimate of drug-likeness (QED) is 0.334. The molecule has 0 aliphatic carbocycles. The number of carbonyl (C=O) groups is 2. The predicted molar refractivity (Wildman–Crippen MR) is 185 cm³/mol. The first-order valence-electron chi connectivity index (χ1n) is 15.6. The Bertz CT molecular complexity index is 1460. The first-order valence-corrected chi connectivity index (χ1v) is 16.4. The number of urea groups is 1. The molecule has 3 N–H and O–H groups in total. The van der Waals surface area contributed by atoms with Crippen LogP contribution in [0.5, 0.6) is 0 Å². The Morgan fingerprint density at radius 3 is 2.22 bits per heavy atom. The molecule has 0 aromatic heterocycles. The number of amides is 3. The lowest BCUT2D eigenvalue weighted by atomic mass is 9.66. The number of likely N-dealkylation sites (tertiary alicyclic amines) is 2. The number of ether oxygens (including phenoxy) is 1. The SMILES string of the molecule is Cl.O.O=C1COCCN1CCN1CCC(Cc2ccccc2)(NC(=O)N2CCCC2)CC1(c1ccccc1)c1ccc(Cl)c(Cl)c1. The van der Waals surface area contributed by atoms with Gasteiger partial charge in [-0.15, -0.1) is 12.4 Å². The van der Waals surface area contributed by atoms with E-state index in [1.165, 1.54) is 5.56 Å². The van der Waals surface area contributed by atoms with Crippen LogP contribution in [0.3, 0.4) is 0 Å². The summed E-state index contributed by atoms with van der Waals surface area (Å²) in [6.45, 7) is 4.77. The van der Waals surface area contributed by atoms with E-state index in [4.69, 9.17) is 27.9 Å². The van der Waals surface area contributed by atoms with Gasteiger partial charge in [0, 0.05) is 44.8 Å². The summed E-state index contributed by atoms with van der Waals surface area (Å²) in [6, 6.07) is 26.8. The largest absolute Gasteiger partial charge is 0.412 e. The van der Waals surface area contributed by atoms with Crippen LogP contribution in [0, 0.1) is 0 Å². The van der Waals surface area contributed by atoms with Crippen molar-refractivity contribution >= 4 is 47.5 Å². The molecule has 2 unspecified atom stereocenters. The molecule has 8 nitrogen and oxygen atoms in total. The minimum absolute atomic E-state index is 0. The molecule has 3 fully saturated rings. The smallest absolute Gasteiger partial charge is 0.317 e. The van der Waals surface area contributed by atoms with Crippen molar-refractivity contribution in [1.29, 1.82) is 0 Å². The summed E-state index contributed by atoms with van der Waals surface area (Å²) < 4.78 is 5.39. The summed E-state index contributed by atoms with van der Waals surface area (Å²) in [6.07, 6.45) is 4.13. The van der Waals surface area contributed by atoms with Crippen LogP contribution in [0.4, 0.5) is 4.79 Å². The van der Waals surface area contributed by atoms with Gasteiger partial charge in [0.25, 0.3) is 0 Å². The highest BCUT2D eigenvalue weighted by atomic mass is 35.5. The third-order valence-electron chi connectivity index (χ3n) is 9.52. The van der Waals surface area contributed by atoms with Gasteiger partial charge >= 0.3 is 6.03 Å². The molecule has 46 heavy (non-hydrogen) atoms. The fourth-order valence-electron chi connectivity index (χ4n) is 7.28. The second kappa shape index (κ2) is 15.8. The summed E-state index contributed by atoms with van der Waals surface area (Å²) in [5.41, 5.74) is 2.10. The molecule has 3 aliphatic rings. The van der Waals surface area contributed by atoms with Gasteiger partial charge < -0.3 is 25.3 Å². The number of benzene rings is 3. The summed E-state index contributed by atoms with van der Waals surface area (Å²) in [7, 11) is 0. The standard InChI is InChI=1S/C35H40Cl2N4O3.ClH.H2O/c36-30-14-13-29(23-31(30)37)35(28-11-5-2-6-12-28)26-34(24-27-9-3-1-4-10-27,38-33(43)40-16-7-8-17-40)15-18-41(35)20-19-39-21-22-44-25-32(39)42;;/h1-6,9-14,23H,7-8,15-22,24-26H2,(H,38,43);1H;1H2. The van der Waals surface area contributed by atoms with E-state index in [2.05, 4.69) is 64.8 Å². The van der Waals surface area contributed by atoms with Crippen molar-refractivity contribution in [3.63, 3.8) is 0 Å². The number of morpholine rings is 1. The molecule has 3 aromatic carbocycles. The summed E-state index contributed by atoms with van der Waals surface area (Å²) >= 11 is 13.2. The summed E-state index contributed by atoms with van der Waals surface area (Å²) in [4.78, 5) is 32.9. The Hall–Kier alpha value is -2.85. The van der Waals surface area contributed by atoms with E-state index in [0.717, 1.165) is 43.5 Å². The van der Waals surface area contributed by atoms with Crippen LogP contribution in [0.2, 0.25) is 10.0 Å². The molecule has 6 rings (SSSR count). The van der Waals surface area contributed by atoms with Crippen LogP contribution in [-0.4, -0.2) is 90.1 Å². The normalized spacial score (nSPS) is 23.4. The van der Waals surface area contributed by atoms with Crippen molar-refractivity contribution in [2.24, 2.45) is 0 Å². The molecule has 3 aromatic rings. The number of hydrogen-bond donors (Lipinski definition) is 1. The Morgan fingerprint density at radius 2 is 1.54 bits per heavy atom. The average Bonchev–Trinajstić information content (AvgIpc) is 3.59. The maximum atomic E-state index is 13.8. The van der Waals surface area contributed by atoms with E-state index < -0.39 is 11.1 Å². The summed E-state index contributed by atoms with van der Waals surface area (Å²) in [5.74, 6) is 0.0180. The first-order chi connectivity index (χ1) is 21.4. The fourth-order valence-corrected chi connectivity index (χ4v) is 7.58. The Morgan fingerprint density at radius 1 is 0.848 bits per heavy atom. The molecule has 0 radical (unpaired) electrons. The van der Waals surface area contributed by atoms with Gasteiger partial charge in [-0.2, -0.15) is 0 Å². The van der Waals surface area contributed by atoms with Gasteiger partial charge in [0.2, 0.25) is 5.91 Å². The van der Waals surface area contributed by atoms with Crippen molar-refractivity contribution in [3.8, 4) is 0 Å².